The third-order valence-electron chi connectivity index (χ3n) is 4.70. The average Bonchev–Trinajstić information content (AvgIpc) is 3.02. The van der Waals surface area contributed by atoms with Gasteiger partial charge >= 0.3 is 0 Å². The fourth-order valence-corrected chi connectivity index (χ4v) is 3.44. The summed E-state index contributed by atoms with van der Waals surface area (Å²) < 4.78 is 11.3. The van der Waals surface area contributed by atoms with E-state index in [0.717, 1.165) is 58.1 Å². The van der Waals surface area contributed by atoms with Crippen molar-refractivity contribution in [2.45, 2.75) is 25.0 Å². The zero-order chi connectivity index (χ0) is 15.9. The van der Waals surface area contributed by atoms with Crippen LogP contribution in [-0.4, -0.2) is 79.6 Å². The molecule has 2 heterocycles. The first-order valence-corrected chi connectivity index (χ1v) is 8.71. The summed E-state index contributed by atoms with van der Waals surface area (Å²) >= 11 is 0. The summed E-state index contributed by atoms with van der Waals surface area (Å²) in [5.41, 5.74) is 0. The number of benzene rings is 1. The molecule has 2 aliphatic rings. The van der Waals surface area contributed by atoms with Crippen LogP contribution in [0.4, 0.5) is 0 Å². The summed E-state index contributed by atoms with van der Waals surface area (Å²) in [7, 11) is 0. The third kappa shape index (κ3) is 5.18. The second kappa shape index (κ2) is 8.64. The number of ether oxygens (including phenoxy) is 2. The topological polar surface area (TPSA) is 45.2 Å². The van der Waals surface area contributed by atoms with E-state index in [0.29, 0.717) is 12.6 Å². The Labute approximate surface area is 138 Å². The smallest absolute Gasteiger partial charge is 0.119 e. The Balaban J connectivity index is 1.42. The molecule has 1 N–H and O–H groups in total. The van der Waals surface area contributed by atoms with Gasteiger partial charge < -0.3 is 14.6 Å². The highest BCUT2D eigenvalue weighted by atomic mass is 16.5. The van der Waals surface area contributed by atoms with Crippen molar-refractivity contribution in [1.29, 1.82) is 0 Å². The minimum Gasteiger partial charge on any atom is -0.492 e. The van der Waals surface area contributed by atoms with Gasteiger partial charge in [0.15, 0.2) is 0 Å². The Morgan fingerprint density at radius 1 is 1.13 bits per heavy atom. The van der Waals surface area contributed by atoms with E-state index in [9.17, 15) is 5.11 Å². The predicted octanol–water partition coefficient (Wildman–Crippen LogP) is 1.22. The van der Waals surface area contributed by atoms with Crippen LogP contribution in [0.15, 0.2) is 30.3 Å². The third-order valence-corrected chi connectivity index (χ3v) is 4.70. The molecule has 1 aromatic carbocycles. The van der Waals surface area contributed by atoms with Crippen LogP contribution in [0.5, 0.6) is 5.75 Å². The first kappa shape index (κ1) is 16.7. The zero-order valence-corrected chi connectivity index (χ0v) is 13.8. The second-order valence-corrected chi connectivity index (χ2v) is 6.48. The van der Waals surface area contributed by atoms with E-state index in [1.54, 1.807) is 0 Å². The van der Waals surface area contributed by atoms with E-state index in [-0.39, 0.29) is 6.10 Å². The fourth-order valence-electron chi connectivity index (χ4n) is 3.44. The maximum atomic E-state index is 10.4. The largest absolute Gasteiger partial charge is 0.492 e. The molecule has 2 unspecified atom stereocenters. The lowest BCUT2D eigenvalue weighted by molar-refractivity contribution is 0.00441. The molecule has 23 heavy (non-hydrogen) atoms. The summed E-state index contributed by atoms with van der Waals surface area (Å²) in [6.45, 7) is 6.66. The number of aliphatic hydroxyl groups is 1. The van der Waals surface area contributed by atoms with Gasteiger partial charge in [0.2, 0.25) is 0 Å². The number of hydrogen-bond acceptors (Lipinski definition) is 5. The monoisotopic (exact) mass is 320 g/mol. The van der Waals surface area contributed by atoms with Crippen LogP contribution in [0.3, 0.4) is 0 Å². The number of hydrogen-bond donors (Lipinski definition) is 1. The lowest BCUT2D eigenvalue weighted by Crippen LogP contribution is -2.46. The predicted molar refractivity (Wildman–Crippen MR) is 89.8 cm³/mol. The maximum absolute atomic E-state index is 10.4. The van der Waals surface area contributed by atoms with Gasteiger partial charge in [0.25, 0.3) is 0 Å². The lowest BCUT2D eigenvalue weighted by atomic mass is 10.2. The van der Waals surface area contributed by atoms with Gasteiger partial charge in [-0.1, -0.05) is 18.2 Å². The van der Waals surface area contributed by atoms with Crippen molar-refractivity contribution in [3.8, 4) is 5.75 Å². The highest BCUT2D eigenvalue weighted by Crippen LogP contribution is 2.19. The molecule has 3 rings (SSSR count). The Kier molecular flexibility index (Phi) is 6.28. The van der Waals surface area contributed by atoms with E-state index >= 15 is 0 Å². The highest BCUT2D eigenvalue weighted by molar-refractivity contribution is 5.20. The molecule has 0 saturated carbocycles. The van der Waals surface area contributed by atoms with Crippen LogP contribution < -0.4 is 4.74 Å². The van der Waals surface area contributed by atoms with E-state index < -0.39 is 0 Å². The van der Waals surface area contributed by atoms with Gasteiger partial charge in [-0.05, 0) is 31.5 Å². The molecule has 128 valence electrons. The molecule has 2 saturated heterocycles. The zero-order valence-electron chi connectivity index (χ0n) is 13.8. The Bertz CT molecular complexity index is 451. The number of morpholine rings is 1. The quantitative estimate of drug-likeness (QED) is 0.818. The van der Waals surface area contributed by atoms with Gasteiger partial charge in [0.1, 0.15) is 12.4 Å². The van der Waals surface area contributed by atoms with Crippen LogP contribution in [0, 0.1) is 0 Å². The first-order valence-electron chi connectivity index (χ1n) is 8.71. The van der Waals surface area contributed by atoms with E-state index in [2.05, 4.69) is 9.80 Å². The average molecular weight is 320 g/mol. The van der Waals surface area contributed by atoms with Crippen molar-refractivity contribution in [2.24, 2.45) is 0 Å². The Hall–Kier alpha value is -1.14. The molecule has 5 nitrogen and oxygen atoms in total. The highest BCUT2D eigenvalue weighted by Gasteiger charge is 2.27. The molecular weight excluding hydrogens is 292 g/mol. The molecule has 0 bridgehead atoms. The molecule has 2 aliphatic heterocycles. The van der Waals surface area contributed by atoms with Gasteiger partial charge in [-0.3, -0.25) is 9.80 Å². The first-order chi connectivity index (χ1) is 11.3. The van der Waals surface area contributed by atoms with Crippen molar-refractivity contribution < 1.29 is 14.6 Å². The molecule has 5 heteroatoms. The summed E-state index contributed by atoms with van der Waals surface area (Å²) in [6.07, 6.45) is 2.04. The Morgan fingerprint density at radius 3 is 2.70 bits per heavy atom. The Morgan fingerprint density at radius 2 is 1.91 bits per heavy atom. The SMILES string of the molecule is OC(CN1CCOCC1)CN1CCCC1COc1ccccc1. The number of β-amino-alcohol motifs (C(OH)–C–C–N with tert-alkyl or cyclic N) is 1. The van der Waals surface area contributed by atoms with Crippen LogP contribution in [-0.2, 0) is 4.74 Å². The van der Waals surface area contributed by atoms with Crippen molar-refractivity contribution in [3.63, 3.8) is 0 Å². The van der Waals surface area contributed by atoms with Gasteiger partial charge in [-0.25, -0.2) is 0 Å². The maximum Gasteiger partial charge on any atom is 0.119 e. The van der Waals surface area contributed by atoms with Gasteiger partial charge in [0, 0.05) is 32.2 Å². The molecule has 2 fully saturated rings. The number of likely N-dealkylation sites (tertiary alicyclic amines) is 1. The van der Waals surface area contributed by atoms with Crippen LogP contribution in [0.1, 0.15) is 12.8 Å². The van der Waals surface area contributed by atoms with Crippen LogP contribution >= 0.6 is 0 Å². The fraction of sp³-hybridized carbons (Fsp3) is 0.667. The summed E-state index contributed by atoms with van der Waals surface area (Å²) in [5.74, 6) is 0.924. The van der Waals surface area contributed by atoms with Crippen molar-refractivity contribution in [1.82, 2.24) is 9.80 Å². The minimum absolute atomic E-state index is 0.301. The van der Waals surface area contributed by atoms with Crippen LogP contribution in [0.2, 0.25) is 0 Å². The number of para-hydroxylation sites is 1. The molecular formula is C18H28N2O3. The molecule has 0 spiro atoms. The minimum atomic E-state index is -0.301. The molecule has 0 amide bonds. The number of nitrogens with zero attached hydrogens (tertiary/aromatic N) is 2. The normalized spacial score (nSPS) is 24.7. The number of aliphatic hydroxyl groups excluding tert-OH is 1. The standard InChI is InChI=1S/C18H28N2O3/c21-17(13-19-9-11-22-12-10-19)14-20-8-4-5-16(20)15-23-18-6-2-1-3-7-18/h1-3,6-7,16-17,21H,4-5,8-15H2. The summed E-state index contributed by atoms with van der Waals surface area (Å²) in [4.78, 5) is 4.67. The van der Waals surface area contributed by atoms with Gasteiger partial charge in [0.05, 0.1) is 19.3 Å². The molecule has 0 radical (unpaired) electrons. The van der Waals surface area contributed by atoms with Crippen molar-refractivity contribution in [3.05, 3.63) is 30.3 Å². The second-order valence-electron chi connectivity index (χ2n) is 6.48. The van der Waals surface area contributed by atoms with Gasteiger partial charge in [-0.2, -0.15) is 0 Å². The number of rotatable bonds is 7. The lowest BCUT2D eigenvalue weighted by Gasteiger charge is -2.31. The van der Waals surface area contributed by atoms with E-state index in [1.165, 1.54) is 6.42 Å². The van der Waals surface area contributed by atoms with Crippen LogP contribution in [0.25, 0.3) is 0 Å². The molecule has 0 aromatic heterocycles. The van der Waals surface area contributed by atoms with Gasteiger partial charge in [-0.15, -0.1) is 0 Å². The van der Waals surface area contributed by atoms with E-state index in [1.807, 2.05) is 30.3 Å². The molecule has 1 aromatic rings. The molecule has 0 aliphatic carbocycles. The summed E-state index contributed by atoms with van der Waals surface area (Å²) in [6, 6.07) is 10.4. The summed E-state index contributed by atoms with van der Waals surface area (Å²) in [5, 5.41) is 10.4. The van der Waals surface area contributed by atoms with Crippen molar-refractivity contribution in [2.75, 3.05) is 52.5 Å². The molecule has 2 atom stereocenters. The van der Waals surface area contributed by atoms with E-state index in [4.69, 9.17) is 9.47 Å². The van der Waals surface area contributed by atoms with Crippen molar-refractivity contribution >= 4 is 0 Å².